The Kier molecular flexibility index (Phi) is 5.87. The molecule has 1 heterocycles. The Hall–Kier alpha value is -2.95. The summed E-state index contributed by atoms with van der Waals surface area (Å²) in [5, 5.41) is 18.4. The van der Waals surface area contributed by atoms with Crippen LogP contribution in [0.15, 0.2) is 57.9 Å². The van der Waals surface area contributed by atoms with E-state index in [4.69, 9.17) is 16.1 Å². The number of benzene rings is 2. The van der Waals surface area contributed by atoms with Gasteiger partial charge in [0.05, 0.1) is 16.4 Å². The number of anilines is 1. The van der Waals surface area contributed by atoms with Crippen molar-refractivity contribution in [3.63, 3.8) is 0 Å². The molecule has 0 saturated heterocycles. The molecule has 1 N–H and O–H groups in total. The van der Waals surface area contributed by atoms with Crippen LogP contribution in [0, 0.1) is 10.1 Å². The van der Waals surface area contributed by atoms with Gasteiger partial charge >= 0.3 is 0 Å². The maximum atomic E-state index is 12.8. The molecule has 0 aliphatic rings. The quantitative estimate of drug-likeness (QED) is 0.442. The molecule has 1 aromatic heterocycles. The zero-order chi connectivity index (χ0) is 21.2. The molecular formula is C18H17ClN4O5S. The highest BCUT2D eigenvalue weighted by Gasteiger charge is 2.26. The van der Waals surface area contributed by atoms with E-state index in [1.54, 1.807) is 30.3 Å². The molecule has 3 rings (SSSR count). The van der Waals surface area contributed by atoms with E-state index in [0.717, 1.165) is 15.9 Å². The summed E-state index contributed by atoms with van der Waals surface area (Å²) in [5.74, 6) is 0.322. The van der Waals surface area contributed by atoms with Crippen molar-refractivity contribution < 1.29 is 17.9 Å². The van der Waals surface area contributed by atoms with Crippen LogP contribution in [0.25, 0.3) is 11.3 Å². The number of rotatable bonds is 7. The van der Waals surface area contributed by atoms with Crippen LogP contribution in [0.2, 0.25) is 5.02 Å². The Morgan fingerprint density at radius 1 is 1.21 bits per heavy atom. The van der Waals surface area contributed by atoms with Crippen LogP contribution in [0.3, 0.4) is 0 Å². The molecule has 11 heteroatoms. The number of sulfonamides is 1. The number of nitro groups is 1. The summed E-state index contributed by atoms with van der Waals surface area (Å²) in [7, 11) is -1.11. The number of nitro benzene ring substituents is 1. The predicted molar refractivity (Wildman–Crippen MR) is 108 cm³/mol. The molecule has 0 amide bonds. The van der Waals surface area contributed by atoms with Crippen LogP contribution < -0.4 is 5.32 Å². The third-order valence-electron chi connectivity index (χ3n) is 4.22. The molecule has 9 nitrogen and oxygen atoms in total. The van der Waals surface area contributed by atoms with Gasteiger partial charge in [-0.05, 0) is 24.3 Å². The van der Waals surface area contributed by atoms with E-state index >= 15 is 0 Å². The SMILES string of the molecule is CNc1ccc(S(=O)(=O)N(C)Cc2cc(-c3ccc(Cl)cc3)no2)cc1[N+](=O)[O-]. The minimum atomic E-state index is -3.98. The fourth-order valence-corrected chi connectivity index (χ4v) is 3.95. The zero-order valence-corrected chi connectivity index (χ0v) is 17.1. The number of hydrogen-bond acceptors (Lipinski definition) is 7. The van der Waals surface area contributed by atoms with Crippen LogP contribution in [0.4, 0.5) is 11.4 Å². The number of aromatic nitrogens is 1. The normalized spacial score (nSPS) is 11.6. The van der Waals surface area contributed by atoms with Crippen LogP contribution in [0.1, 0.15) is 5.76 Å². The van der Waals surface area contributed by atoms with Gasteiger partial charge in [0.1, 0.15) is 11.4 Å². The Balaban J connectivity index is 1.83. The van der Waals surface area contributed by atoms with E-state index in [9.17, 15) is 18.5 Å². The summed E-state index contributed by atoms with van der Waals surface area (Å²) >= 11 is 5.87. The lowest BCUT2D eigenvalue weighted by Crippen LogP contribution is -2.26. The van der Waals surface area contributed by atoms with Crippen LogP contribution in [-0.4, -0.2) is 36.9 Å². The molecule has 0 aliphatic carbocycles. The monoisotopic (exact) mass is 436 g/mol. The first-order valence-corrected chi connectivity index (χ1v) is 10.2. The van der Waals surface area contributed by atoms with E-state index in [1.165, 1.54) is 26.2 Å². The summed E-state index contributed by atoms with van der Waals surface area (Å²) in [6.45, 7) is -0.0928. The maximum Gasteiger partial charge on any atom is 0.293 e. The van der Waals surface area contributed by atoms with Crippen molar-refractivity contribution in [1.82, 2.24) is 9.46 Å². The third kappa shape index (κ3) is 4.39. The van der Waals surface area contributed by atoms with Crippen molar-refractivity contribution in [2.45, 2.75) is 11.4 Å². The fraction of sp³-hybridized carbons (Fsp3) is 0.167. The van der Waals surface area contributed by atoms with E-state index in [0.29, 0.717) is 16.5 Å². The first kappa shape index (κ1) is 20.8. The topological polar surface area (TPSA) is 119 Å². The predicted octanol–water partition coefficient (Wildman–Crippen LogP) is 3.77. The summed E-state index contributed by atoms with van der Waals surface area (Å²) in [4.78, 5) is 10.4. The van der Waals surface area contributed by atoms with Crippen LogP contribution in [0.5, 0.6) is 0 Å². The minimum Gasteiger partial charge on any atom is -0.383 e. The largest absolute Gasteiger partial charge is 0.383 e. The summed E-state index contributed by atoms with van der Waals surface area (Å²) < 4.78 is 31.9. The molecule has 0 bridgehead atoms. The van der Waals surface area contributed by atoms with Gasteiger partial charge in [-0.3, -0.25) is 10.1 Å². The van der Waals surface area contributed by atoms with Crippen molar-refractivity contribution in [3.8, 4) is 11.3 Å². The number of nitrogens with one attached hydrogen (secondary N) is 1. The van der Waals surface area contributed by atoms with E-state index in [-0.39, 0.29) is 22.8 Å². The number of halogens is 1. The number of nitrogens with zero attached hydrogens (tertiary/aromatic N) is 3. The molecule has 0 fully saturated rings. The van der Waals surface area contributed by atoms with Gasteiger partial charge in [-0.2, -0.15) is 4.31 Å². The second-order valence-corrected chi connectivity index (χ2v) is 8.61. The third-order valence-corrected chi connectivity index (χ3v) is 6.27. The zero-order valence-electron chi connectivity index (χ0n) is 15.5. The van der Waals surface area contributed by atoms with Crippen molar-refractivity contribution in [1.29, 1.82) is 0 Å². The maximum absolute atomic E-state index is 12.8. The second kappa shape index (κ2) is 8.19. The lowest BCUT2D eigenvalue weighted by atomic mass is 10.1. The van der Waals surface area contributed by atoms with Crippen LogP contribution in [-0.2, 0) is 16.6 Å². The molecule has 0 saturated carbocycles. The van der Waals surface area contributed by atoms with Gasteiger partial charge in [0, 0.05) is 36.8 Å². The van der Waals surface area contributed by atoms with Crippen molar-refractivity contribution in [3.05, 3.63) is 69.4 Å². The standard InChI is InChI=1S/C18H17ClN4O5S/c1-20-16-8-7-15(10-18(16)23(24)25)29(26,27)22(2)11-14-9-17(21-28-14)12-3-5-13(19)6-4-12/h3-10,20H,11H2,1-2H3. The highest BCUT2D eigenvalue weighted by molar-refractivity contribution is 7.89. The molecule has 3 aromatic rings. The Labute approximate surface area is 172 Å². The van der Waals surface area contributed by atoms with Gasteiger partial charge < -0.3 is 9.84 Å². The lowest BCUT2D eigenvalue weighted by Gasteiger charge is -2.16. The molecule has 0 unspecified atom stereocenters. The lowest BCUT2D eigenvalue weighted by molar-refractivity contribution is -0.384. The highest BCUT2D eigenvalue weighted by atomic mass is 35.5. The van der Waals surface area contributed by atoms with Gasteiger partial charge in [0.2, 0.25) is 10.0 Å². The minimum absolute atomic E-state index is 0.0928. The molecule has 0 spiro atoms. The van der Waals surface area contributed by atoms with E-state index < -0.39 is 14.9 Å². The van der Waals surface area contributed by atoms with Gasteiger partial charge in [-0.1, -0.05) is 28.9 Å². The smallest absolute Gasteiger partial charge is 0.293 e. The van der Waals surface area contributed by atoms with Crippen molar-refractivity contribution >= 4 is 33.0 Å². The van der Waals surface area contributed by atoms with Gasteiger partial charge in [0.15, 0.2) is 5.76 Å². The molecule has 0 radical (unpaired) electrons. The Bertz CT molecular complexity index is 1150. The average molecular weight is 437 g/mol. The van der Waals surface area contributed by atoms with Gasteiger partial charge in [0.25, 0.3) is 5.69 Å². The molecular weight excluding hydrogens is 420 g/mol. The Morgan fingerprint density at radius 2 is 1.90 bits per heavy atom. The molecule has 29 heavy (non-hydrogen) atoms. The van der Waals surface area contributed by atoms with Crippen LogP contribution >= 0.6 is 11.6 Å². The van der Waals surface area contributed by atoms with E-state index in [2.05, 4.69) is 10.5 Å². The summed E-state index contributed by atoms with van der Waals surface area (Å²) in [6, 6.07) is 12.3. The molecule has 2 aromatic carbocycles. The average Bonchev–Trinajstić information content (AvgIpc) is 3.16. The number of hydrogen-bond donors (Lipinski definition) is 1. The molecule has 0 aliphatic heterocycles. The van der Waals surface area contributed by atoms with E-state index in [1.807, 2.05) is 0 Å². The van der Waals surface area contributed by atoms with Crippen molar-refractivity contribution in [2.24, 2.45) is 0 Å². The highest BCUT2D eigenvalue weighted by Crippen LogP contribution is 2.29. The van der Waals surface area contributed by atoms with Crippen molar-refractivity contribution in [2.75, 3.05) is 19.4 Å². The second-order valence-electron chi connectivity index (χ2n) is 6.13. The first-order valence-electron chi connectivity index (χ1n) is 8.36. The first-order chi connectivity index (χ1) is 13.7. The molecule has 0 atom stereocenters. The Morgan fingerprint density at radius 3 is 2.52 bits per heavy atom. The van der Waals surface area contributed by atoms with Gasteiger partial charge in [-0.25, -0.2) is 8.42 Å². The molecule has 152 valence electrons. The summed E-state index contributed by atoms with van der Waals surface area (Å²) in [5.41, 5.74) is 1.20. The van der Waals surface area contributed by atoms with Gasteiger partial charge in [-0.15, -0.1) is 0 Å². The summed E-state index contributed by atoms with van der Waals surface area (Å²) in [6.07, 6.45) is 0. The fourth-order valence-electron chi connectivity index (χ4n) is 2.66.